The number of aromatic nitrogens is 2. The molecule has 4 heterocycles. The maximum atomic E-state index is 13.4. The molecule has 5 atom stereocenters. The zero-order valence-electron chi connectivity index (χ0n) is 21.8. The molecule has 2 aromatic rings. The van der Waals surface area contributed by atoms with Crippen LogP contribution < -0.4 is 0 Å². The van der Waals surface area contributed by atoms with Gasteiger partial charge in [0.25, 0.3) is 0 Å². The third kappa shape index (κ3) is 5.23. The minimum atomic E-state index is -1.22. The van der Waals surface area contributed by atoms with Crippen molar-refractivity contribution >= 4 is 51.5 Å². The van der Waals surface area contributed by atoms with Gasteiger partial charge >= 0.3 is 12.1 Å². The summed E-state index contributed by atoms with van der Waals surface area (Å²) in [6.07, 6.45) is 4.16. The quantitative estimate of drug-likeness (QED) is 0.153. The first-order valence-electron chi connectivity index (χ1n) is 12.4. The Bertz CT molecular complexity index is 1220. The number of amides is 1. The summed E-state index contributed by atoms with van der Waals surface area (Å²) in [4.78, 5) is 46.0. The Hall–Kier alpha value is -2.57. The average Bonchev–Trinajstić information content (AvgIpc) is 3.45. The number of hydrogen-bond donors (Lipinski definition) is 1. The Morgan fingerprint density at radius 3 is 2.62 bits per heavy atom. The number of imidazole rings is 1. The standard InChI is InChI=1S/C25H33N3O7S2/c1-12(2)8-7-9-33-25(32)35-15(5)34-24(31)20-17(13(3)19-18(14(4)29)22(30)28(19)20)16-10-27-11-26-21(36-6)23(27)37-16/h10-15,18-19,29H,7-9H2,1-6H3/t13-,14+,15?,18+,19+/m0/s1. The normalized spacial score (nSPS) is 22.8. The number of rotatable bonds is 10. The number of fused-ring (bicyclic) bond motifs is 2. The molecule has 10 nitrogen and oxygen atoms in total. The maximum absolute atomic E-state index is 13.4. The highest BCUT2D eigenvalue weighted by Gasteiger charge is 2.60. The van der Waals surface area contributed by atoms with Crippen molar-refractivity contribution in [2.75, 3.05) is 12.9 Å². The van der Waals surface area contributed by atoms with Crippen LogP contribution in [-0.4, -0.2) is 68.7 Å². The van der Waals surface area contributed by atoms with Gasteiger partial charge in [0.1, 0.15) is 21.9 Å². The molecule has 0 aliphatic carbocycles. The van der Waals surface area contributed by atoms with Gasteiger partial charge in [0, 0.05) is 24.6 Å². The third-order valence-corrected chi connectivity index (χ3v) is 8.64. The molecule has 2 aromatic heterocycles. The first-order chi connectivity index (χ1) is 17.5. The number of aliphatic hydroxyl groups excluding tert-OH is 1. The number of hydrogen-bond acceptors (Lipinski definition) is 10. The van der Waals surface area contributed by atoms with Crippen LogP contribution in [0.4, 0.5) is 4.79 Å². The van der Waals surface area contributed by atoms with E-state index in [4.69, 9.17) is 14.2 Å². The highest BCUT2D eigenvalue weighted by Crippen LogP contribution is 2.52. The van der Waals surface area contributed by atoms with Crippen LogP contribution in [0.3, 0.4) is 0 Å². The van der Waals surface area contributed by atoms with E-state index in [1.54, 1.807) is 13.3 Å². The van der Waals surface area contributed by atoms with Gasteiger partial charge < -0.3 is 24.2 Å². The number of carbonyl (C=O) groups is 3. The van der Waals surface area contributed by atoms with Gasteiger partial charge in [-0.1, -0.05) is 20.8 Å². The van der Waals surface area contributed by atoms with E-state index in [1.165, 1.54) is 34.9 Å². The van der Waals surface area contributed by atoms with Crippen LogP contribution in [0.25, 0.3) is 10.4 Å². The molecular weight excluding hydrogens is 518 g/mol. The van der Waals surface area contributed by atoms with Crippen LogP contribution in [0, 0.1) is 17.8 Å². The van der Waals surface area contributed by atoms with Crippen molar-refractivity contribution < 1.29 is 33.7 Å². The molecule has 37 heavy (non-hydrogen) atoms. The number of thiazole rings is 1. The molecule has 4 rings (SSSR count). The fraction of sp³-hybridized carbons (Fsp3) is 0.600. The van der Waals surface area contributed by atoms with Gasteiger partial charge in [0.2, 0.25) is 12.2 Å². The Morgan fingerprint density at radius 2 is 1.97 bits per heavy atom. The molecule has 0 radical (unpaired) electrons. The molecule has 1 amide bonds. The lowest BCUT2D eigenvalue weighted by molar-refractivity contribution is -0.173. The number of aliphatic hydroxyl groups is 1. The van der Waals surface area contributed by atoms with Crippen molar-refractivity contribution in [2.24, 2.45) is 17.8 Å². The first kappa shape index (κ1) is 27.5. The summed E-state index contributed by atoms with van der Waals surface area (Å²) in [7, 11) is 0. The molecule has 1 fully saturated rings. The van der Waals surface area contributed by atoms with Crippen molar-refractivity contribution in [3.05, 3.63) is 23.1 Å². The van der Waals surface area contributed by atoms with Crippen LogP contribution >= 0.6 is 23.1 Å². The lowest BCUT2D eigenvalue weighted by Gasteiger charge is -2.46. The summed E-state index contributed by atoms with van der Waals surface area (Å²) in [5.74, 6) is -1.45. The Labute approximate surface area is 224 Å². The van der Waals surface area contributed by atoms with E-state index in [0.29, 0.717) is 17.9 Å². The van der Waals surface area contributed by atoms with Gasteiger partial charge in [0.05, 0.1) is 29.5 Å². The second-order valence-electron chi connectivity index (χ2n) is 9.80. The Kier molecular flexibility index (Phi) is 8.20. The van der Waals surface area contributed by atoms with Gasteiger partial charge in [-0.25, -0.2) is 14.6 Å². The number of ether oxygens (including phenoxy) is 3. The molecule has 2 aliphatic rings. The molecule has 0 aromatic carbocycles. The zero-order valence-corrected chi connectivity index (χ0v) is 23.4. The van der Waals surface area contributed by atoms with Crippen LogP contribution in [0.1, 0.15) is 52.3 Å². The van der Waals surface area contributed by atoms with E-state index in [-0.39, 0.29) is 30.2 Å². The SMILES string of the molecule is CSc1ncn2cc(C3=C(C(=O)OC(C)OC(=O)OCCCC(C)C)N4C(=O)[C@H]([C@@H](C)O)[C@H]4[C@H]3C)sc12. The van der Waals surface area contributed by atoms with Crippen molar-refractivity contribution in [3.63, 3.8) is 0 Å². The predicted molar refractivity (Wildman–Crippen MR) is 139 cm³/mol. The summed E-state index contributed by atoms with van der Waals surface area (Å²) in [5.41, 5.74) is 0.777. The fourth-order valence-corrected chi connectivity index (χ4v) is 6.89. The summed E-state index contributed by atoms with van der Waals surface area (Å²) in [5, 5.41) is 11.1. The molecule has 1 N–H and O–H groups in total. The monoisotopic (exact) mass is 551 g/mol. The van der Waals surface area contributed by atoms with Gasteiger partial charge in [-0.2, -0.15) is 0 Å². The summed E-state index contributed by atoms with van der Waals surface area (Å²) in [6.45, 7) is 9.32. The second-order valence-corrected chi connectivity index (χ2v) is 11.6. The van der Waals surface area contributed by atoms with Gasteiger partial charge in [0.15, 0.2) is 0 Å². The van der Waals surface area contributed by atoms with Crippen LogP contribution in [0.2, 0.25) is 0 Å². The van der Waals surface area contributed by atoms with Gasteiger partial charge in [-0.15, -0.1) is 23.1 Å². The largest absolute Gasteiger partial charge is 0.511 e. The van der Waals surface area contributed by atoms with E-state index >= 15 is 0 Å². The third-order valence-electron chi connectivity index (χ3n) is 6.68. The Morgan fingerprint density at radius 1 is 1.24 bits per heavy atom. The predicted octanol–water partition coefficient (Wildman–Crippen LogP) is 4.16. The Balaban J connectivity index is 1.56. The second kappa shape index (κ2) is 11.0. The van der Waals surface area contributed by atoms with Gasteiger partial charge in [-0.3, -0.25) is 9.20 Å². The lowest BCUT2D eigenvalue weighted by atomic mass is 9.77. The lowest BCUT2D eigenvalue weighted by Crippen LogP contribution is -2.63. The number of carbonyl (C=O) groups excluding carboxylic acids is 3. The minimum Gasteiger partial charge on any atom is -0.434 e. The van der Waals surface area contributed by atoms with E-state index in [2.05, 4.69) is 18.8 Å². The molecule has 2 aliphatic heterocycles. The number of esters is 1. The van der Waals surface area contributed by atoms with Crippen LogP contribution in [0.5, 0.6) is 0 Å². The van der Waals surface area contributed by atoms with Crippen LogP contribution in [0.15, 0.2) is 23.2 Å². The highest BCUT2D eigenvalue weighted by molar-refractivity contribution is 7.98. The average molecular weight is 552 g/mol. The molecule has 202 valence electrons. The minimum absolute atomic E-state index is 0.114. The molecule has 1 unspecified atom stereocenters. The molecule has 0 spiro atoms. The van der Waals surface area contributed by atoms with E-state index in [1.807, 2.05) is 23.8 Å². The molecular formula is C25H33N3O7S2. The summed E-state index contributed by atoms with van der Waals surface area (Å²) in [6, 6.07) is -0.369. The summed E-state index contributed by atoms with van der Waals surface area (Å²) >= 11 is 2.99. The maximum Gasteiger partial charge on any atom is 0.511 e. The smallest absolute Gasteiger partial charge is 0.434 e. The van der Waals surface area contributed by atoms with Crippen molar-refractivity contribution in [3.8, 4) is 0 Å². The van der Waals surface area contributed by atoms with E-state index in [9.17, 15) is 19.5 Å². The van der Waals surface area contributed by atoms with Crippen molar-refractivity contribution in [1.29, 1.82) is 0 Å². The number of thioether (sulfide) groups is 1. The van der Waals surface area contributed by atoms with Gasteiger partial charge in [-0.05, 0) is 31.9 Å². The van der Waals surface area contributed by atoms with Crippen LogP contribution in [-0.2, 0) is 23.8 Å². The molecule has 0 saturated carbocycles. The van der Waals surface area contributed by atoms with E-state index < -0.39 is 30.4 Å². The fourth-order valence-electron chi connectivity index (χ4n) is 4.97. The first-order valence-corrected chi connectivity index (χ1v) is 14.4. The topological polar surface area (TPSA) is 120 Å². The number of β-lactam (4-membered cyclic amide) rings is 1. The molecule has 1 saturated heterocycles. The number of nitrogens with zero attached hydrogens (tertiary/aromatic N) is 3. The molecule has 0 bridgehead atoms. The zero-order chi connectivity index (χ0) is 27.0. The molecule has 12 heteroatoms. The van der Waals surface area contributed by atoms with Crippen molar-refractivity contribution in [2.45, 2.75) is 70.9 Å². The van der Waals surface area contributed by atoms with E-state index in [0.717, 1.165) is 21.2 Å². The highest BCUT2D eigenvalue weighted by atomic mass is 32.2. The van der Waals surface area contributed by atoms with Crippen molar-refractivity contribution in [1.82, 2.24) is 14.3 Å². The summed E-state index contributed by atoms with van der Waals surface area (Å²) < 4.78 is 17.5.